The predicted octanol–water partition coefficient (Wildman–Crippen LogP) is 0.894. The molecule has 2 N–H and O–H groups in total. The number of aliphatic hydroxyl groups excluding tert-OH is 1. The maximum atomic E-state index is 11.6. The molecule has 0 saturated heterocycles. The Morgan fingerprint density at radius 2 is 2.07 bits per heavy atom. The van der Waals surface area contributed by atoms with E-state index in [0.29, 0.717) is 0 Å². The van der Waals surface area contributed by atoms with Crippen LogP contribution in [0.2, 0.25) is 10.3 Å². The normalized spacial score (nSPS) is 12.3. The zero-order chi connectivity index (χ0) is 11.4. The Hall–Kier alpha value is -0.910. The molecular weight excluding hydrogens is 241 g/mol. The second-order valence-corrected chi connectivity index (χ2v) is 3.60. The summed E-state index contributed by atoms with van der Waals surface area (Å²) in [5.74, 6) is -0.507. The van der Waals surface area contributed by atoms with E-state index in [-0.39, 0.29) is 28.5 Å². The second-order valence-electron chi connectivity index (χ2n) is 2.89. The van der Waals surface area contributed by atoms with E-state index in [0.717, 1.165) is 6.33 Å². The molecule has 0 aliphatic carbocycles. The van der Waals surface area contributed by atoms with E-state index in [1.54, 1.807) is 6.92 Å². The van der Waals surface area contributed by atoms with Crippen LogP contribution in [0.4, 0.5) is 0 Å². The highest BCUT2D eigenvalue weighted by Crippen LogP contribution is 2.19. The largest absolute Gasteiger partial charge is 0.394 e. The number of carbonyl (C=O) groups is 1. The molecule has 82 valence electrons. The summed E-state index contributed by atoms with van der Waals surface area (Å²) in [6, 6.07) is -0.384. The van der Waals surface area contributed by atoms with Crippen LogP contribution in [0.1, 0.15) is 17.3 Å². The van der Waals surface area contributed by atoms with E-state index >= 15 is 0 Å². The van der Waals surface area contributed by atoms with Gasteiger partial charge in [-0.15, -0.1) is 0 Å². The number of halogens is 2. The summed E-state index contributed by atoms with van der Waals surface area (Å²) < 4.78 is 0. The average Bonchev–Trinajstić information content (AvgIpc) is 2.17. The molecule has 15 heavy (non-hydrogen) atoms. The molecule has 0 aromatic carbocycles. The molecule has 1 aromatic heterocycles. The highest BCUT2D eigenvalue weighted by atomic mass is 35.5. The number of nitrogens with zero attached hydrogens (tertiary/aromatic N) is 2. The first kappa shape index (κ1) is 12.2. The third-order valence-corrected chi connectivity index (χ3v) is 2.21. The van der Waals surface area contributed by atoms with Gasteiger partial charge in [0, 0.05) is 6.04 Å². The number of hydrogen-bond donors (Lipinski definition) is 2. The van der Waals surface area contributed by atoms with Gasteiger partial charge in [0.2, 0.25) is 0 Å². The molecule has 0 aliphatic rings. The van der Waals surface area contributed by atoms with Crippen molar-refractivity contribution in [3.05, 3.63) is 22.2 Å². The molecule has 1 aromatic rings. The molecule has 1 atom stereocenters. The van der Waals surface area contributed by atoms with Gasteiger partial charge < -0.3 is 10.4 Å². The van der Waals surface area contributed by atoms with Gasteiger partial charge in [-0.3, -0.25) is 4.79 Å². The van der Waals surface area contributed by atoms with Crippen molar-refractivity contribution in [3.8, 4) is 0 Å². The fourth-order valence-corrected chi connectivity index (χ4v) is 1.36. The van der Waals surface area contributed by atoms with Crippen LogP contribution in [-0.2, 0) is 0 Å². The van der Waals surface area contributed by atoms with Crippen molar-refractivity contribution in [2.45, 2.75) is 13.0 Å². The van der Waals surface area contributed by atoms with Gasteiger partial charge in [0.05, 0.1) is 6.61 Å². The van der Waals surface area contributed by atoms with Crippen molar-refractivity contribution in [2.24, 2.45) is 0 Å². The topological polar surface area (TPSA) is 75.1 Å². The number of hydrogen-bond acceptors (Lipinski definition) is 4. The molecule has 0 spiro atoms. The fourth-order valence-electron chi connectivity index (χ4n) is 0.873. The van der Waals surface area contributed by atoms with Gasteiger partial charge in [0.1, 0.15) is 22.2 Å². The van der Waals surface area contributed by atoms with Gasteiger partial charge in [0.15, 0.2) is 0 Å². The Kier molecular flexibility index (Phi) is 4.26. The average molecular weight is 250 g/mol. The number of aliphatic hydroxyl groups is 1. The Morgan fingerprint density at radius 1 is 1.53 bits per heavy atom. The molecule has 1 heterocycles. The molecule has 0 fully saturated rings. The van der Waals surface area contributed by atoms with Gasteiger partial charge in [-0.1, -0.05) is 23.2 Å². The van der Waals surface area contributed by atoms with Crippen LogP contribution in [0.5, 0.6) is 0 Å². The van der Waals surface area contributed by atoms with Crippen LogP contribution in [0.25, 0.3) is 0 Å². The molecule has 1 amide bonds. The lowest BCUT2D eigenvalue weighted by Gasteiger charge is -2.11. The molecule has 0 radical (unpaired) electrons. The van der Waals surface area contributed by atoms with Crippen LogP contribution < -0.4 is 5.32 Å². The summed E-state index contributed by atoms with van der Waals surface area (Å²) in [6.45, 7) is 1.47. The lowest BCUT2D eigenvalue weighted by molar-refractivity contribution is 0.0922. The van der Waals surface area contributed by atoms with Gasteiger partial charge in [0.25, 0.3) is 5.91 Å². The van der Waals surface area contributed by atoms with Gasteiger partial charge >= 0.3 is 0 Å². The van der Waals surface area contributed by atoms with Crippen molar-refractivity contribution in [1.82, 2.24) is 15.3 Å². The van der Waals surface area contributed by atoms with Crippen molar-refractivity contribution < 1.29 is 9.90 Å². The SMILES string of the molecule is C[C@@H](CO)NC(=O)c1c(Cl)ncnc1Cl. The number of aromatic nitrogens is 2. The predicted molar refractivity (Wildman–Crippen MR) is 56.1 cm³/mol. The molecule has 0 aliphatic heterocycles. The smallest absolute Gasteiger partial charge is 0.257 e. The van der Waals surface area contributed by atoms with Crippen molar-refractivity contribution in [2.75, 3.05) is 6.61 Å². The first-order valence-electron chi connectivity index (χ1n) is 4.14. The number of carbonyl (C=O) groups excluding carboxylic acids is 1. The maximum Gasteiger partial charge on any atom is 0.257 e. The van der Waals surface area contributed by atoms with E-state index < -0.39 is 5.91 Å². The van der Waals surface area contributed by atoms with Crippen LogP contribution in [-0.4, -0.2) is 33.6 Å². The number of amides is 1. The summed E-state index contributed by atoms with van der Waals surface area (Å²) in [5, 5.41) is 11.2. The molecule has 7 heteroatoms. The zero-order valence-electron chi connectivity index (χ0n) is 7.87. The molecule has 0 bridgehead atoms. The van der Waals surface area contributed by atoms with Gasteiger partial charge in [-0.25, -0.2) is 9.97 Å². The molecule has 0 saturated carbocycles. The Balaban J connectivity index is 2.91. The van der Waals surface area contributed by atoms with E-state index in [1.165, 1.54) is 0 Å². The van der Waals surface area contributed by atoms with Crippen molar-refractivity contribution in [3.63, 3.8) is 0 Å². The van der Waals surface area contributed by atoms with Gasteiger partial charge in [-0.2, -0.15) is 0 Å². The molecular formula is C8H9Cl2N3O2. The van der Waals surface area contributed by atoms with E-state index in [4.69, 9.17) is 28.3 Å². The van der Waals surface area contributed by atoms with Crippen LogP contribution in [0, 0.1) is 0 Å². The molecule has 0 unspecified atom stereocenters. The minimum Gasteiger partial charge on any atom is -0.394 e. The number of nitrogens with one attached hydrogen (secondary N) is 1. The van der Waals surface area contributed by atoms with Crippen LogP contribution in [0.15, 0.2) is 6.33 Å². The van der Waals surface area contributed by atoms with Crippen LogP contribution >= 0.6 is 23.2 Å². The second kappa shape index (κ2) is 5.25. The third kappa shape index (κ3) is 3.02. The number of rotatable bonds is 3. The third-order valence-electron chi connectivity index (χ3n) is 1.63. The standard InChI is InChI=1S/C8H9Cl2N3O2/c1-4(2-14)13-8(15)5-6(9)11-3-12-7(5)10/h3-4,14H,2H2,1H3,(H,13,15)/t4-/m0/s1. The van der Waals surface area contributed by atoms with E-state index in [1.807, 2.05) is 0 Å². The summed E-state index contributed by atoms with van der Waals surface area (Å²) in [7, 11) is 0. The zero-order valence-corrected chi connectivity index (χ0v) is 9.38. The monoisotopic (exact) mass is 249 g/mol. The fraction of sp³-hybridized carbons (Fsp3) is 0.375. The molecule has 5 nitrogen and oxygen atoms in total. The lowest BCUT2D eigenvalue weighted by Crippen LogP contribution is -2.35. The van der Waals surface area contributed by atoms with Gasteiger partial charge in [-0.05, 0) is 6.92 Å². The minimum atomic E-state index is -0.507. The van der Waals surface area contributed by atoms with Crippen LogP contribution in [0.3, 0.4) is 0 Å². The van der Waals surface area contributed by atoms with Crippen molar-refractivity contribution >= 4 is 29.1 Å². The quantitative estimate of drug-likeness (QED) is 0.781. The minimum absolute atomic E-state index is 0.0149. The highest BCUT2D eigenvalue weighted by Gasteiger charge is 2.17. The Morgan fingerprint density at radius 3 is 2.53 bits per heavy atom. The first-order chi connectivity index (χ1) is 7.06. The summed E-state index contributed by atoms with van der Waals surface area (Å²) >= 11 is 11.4. The summed E-state index contributed by atoms with van der Waals surface area (Å²) in [6.07, 6.45) is 1.16. The Bertz CT molecular complexity index is 353. The molecule has 1 rings (SSSR count). The summed E-state index contributed by atoms with van der Waals surface area (Å²) in [4.78, 5) is 18.9. The van der Waals surface area contributed by atoms with Crippen molar-refractivity contribution in [1.29, 1.82) is 0 Å². The van der Waals surface area contributed by atoms with E-state index in [9.17, 15) is 4.79 Å². The lowest BCUT2D eigenvalue weighted by atomic mass is 10.3. The first-order valence-corrected chi connectivity index (χ1v) is 4.89. The maximum absolute atomic E-state index is 11.6. The Labute approximate surface area is 96.4 Å². The van der Waals surface area contributed by atoms with E-state index in [2.05, 4.69) is 15.3 Å². The summed E-state index contributed by atoms with van der Waals surface area (Å²) in [5.41, 5.74) is 0.0149. The highest BCUT2D eigenvalue weighted by molar-refractivity contribution is 6.38.